The third kappa shape index (κ3) is 2.37. The zero-order valence-electron chi connectivity index (χ0n) is 9.48. The van der Waals surface area contributed by atoms with Crippen molar-refractivity contribution in [3.05, 3.63) is 12.4 Å². The lowest BCUT2D eigenvalue weighted by atomic mass is 10.1. The zero-order chi connectivity index (χ0) is 10.7. The van der Waals surface area contributed by atoms with Gasteiger partial charge in [-0.15, -0.1) is 0 Å². The highest BCUT2D eigenvalue weighted by atomic mass is 15.2. The molecule has 0 radical (unpaired) electrons. The Morgan fingerprint density at radius 2 is 1.67 bits per heavy atom. The van der Waals surface area contributed by atoms with Crippen LogP contribution >= 0.6 is 0 Å². The summed E-state index contributed by atoms with van der Waals surface area (Å²) in [6.45, 7) is 2.29. The molecule has 1 fully saturated rings. The highest BCUT2D eigenvalue weighted by molar-refractivity contribution is 5.44. The molecule has 0 atom stereocenters. The molecule has 0 unspecified atom stereocenters. The number of hydrogen-bond acceptors (Lipinski definition) is 4. The van der Waals surface area contributed by atoms with E-state index in [1.54, 1.807) is 0 Å². The van der Waals surface area contributed by atoms with E-state index in [1.807, 2.05) is 31.4 Å². The van der Waals surface area contributed by atoms with Gasteiger partial charge in [0.25, 0.3) is 0 Å². The average molecular weight is 206 g/mol. The maximum absolute atomic E-state index is 4.33. The van der Waals surface area contributed by atoms with Crippen LogP contribution in [0.25, 0.3) is 0 Å². The quantitative estimate of drug-likeness (QED) is 0.734. The molecule has 1 saturated heterocycles. The molecule has 2 rings (SSSR count). The third-order valence-electron chi connectivity index (χ3n) is 2.75. The van der Waals surface area contributed by atoms with Crippen molar-refractivity contribution in [1.82, 2.24) is 9.97 Å². The minimum atomic E-state index is 0.774. The molecule has 15 heavy (non-hydrogen) atoms. The highest BCUT2D eigenvalue weighted by Crippen LogP contribution is 2.18. The molecule has 0 aliphatic carbocycles. The summed E-state index contributed by atoms with van der Waals surface area (Å²) >= 11 is 0. The van der Waals surface area contributed by atoms with E-state index in [1.165, 1.54) is 19.3 Å². The molecule has 0 N–H and O–H groups in total. The summed E-state index contributed by atoms with van der Waals surface area (Å²) in [5.74, 6) is 0.774. The van der Waals surface area contributed by atoms with Crippen molar-refractivity contribution >= 4 is 11.6 Å². The maximum atomic E-state index is 4.33. The molecule has 4 nitrogen and oxygen atoms in total. The fourth-order valence-electron chi connectivity index (χ4n) is 1.86. The van der Waals surface area contributed by atoms with Crippen molar-refractivity contribution in [2.24, 2.45) is 0 Å². The SMILES string of the molecule is CN(C)c1ncc(N2CCCCC2)cn1. The van der Waals surface area contributed by atoms with Crippen LogP contribution in [0.4, 0.5) is 11.6 Å². The van der Waals surface area contributed by atoms with E-state index in [0.29, 0.717) is 0 Å². The topological polar surface area (TPSA) is 32.3 Å². The molecule has 82 valence electrons. The molecule has 0 saturated carbocycles. The Morgan fingerprint density at radius 1 is 1.07 bits per heavy atom. The monoisotopic (exact) mass is 206 g/mol. The van der Waals surface area contributed by atoms with Crippen LogP contribution in [0.1, 0.15) is 19.3 Å². The average Bonchev–Trinajstić information content (AvgIpc) is 2.30. The van der Waals surface area contributed by atoms with E-state index in [-0.39, 0.29) is 0 Å². The summed E-state index contributed by atoms with van der Waals surface area (Å²) in [6, 6.07) is 0. The predicted octanol–water partition coefficient (Wildman–Crippen LogP) is 1.53. The van der Waals surface area contributed by atoms with Crippen molar-refractivity contribution < 1.29 is 0 Å². The normalized spacial score (nSPS) is 16.5. The van der Waals surface area contributed by atoms with Gasteiger partial charge >= 0.3 is 0 Å². The molecule has 1 aromatic rings. The van der Waals surface area contributed by atoms with Gasteiger partial charge in [0.2, 0.25) is 5.95 Å². The van der Waals surface area contributed by atoms with Crippen molar-refractivity contribution in [3.8, 4) is 0 Å². The molecular weight excluding hydrogens is 188 g/mol. The fourth-order valence-corrected chi connectivity index (χ4v) is 1.86. The van der Waals surface area contributed by atoms with Crippen LogP contribution in [0.5, 0.6) is 0 Å². The summed E-state index contributed by atoms with van der Waals surface area (Å²) in [5.41, 5.74) is 1.15. The van der Waals surface area contributed by atoms with Crippen molar-refractivity contribution in [1.29, 1.82) is 0 Å². The number of anilines is 2. The minimum absolute atomic E-state index is 0.774. The lowest BCUT2D eigenvalue weighted by molar-refractivity contribution is 0.576. The molecular formula is C11H18N4. The number of piperidine rings is 1. The van der Waals surface area contributed by atoms with Gasteiger partial charge in [-0.25, -0.2) is 9.97 Å². The second kappa shape index (κ2) is 4.47. The van der Waals surface area contributed by atoms with Gasteiger partial charge in [-0.2, -0.15) is 0 Å². The summed E-state index contributed by atoms with van der Waals surface area (Å²) in [4.78, 5) is 12.9. The van der Waals surface area contributed by atoms with Crippen LogP contribution < -0.4 is 9.80 Å². The Bertz CT molecular complexity index is 301. The smallest absolute Gasteiger partial charge is 0.224 e. The van der Waals surface area contributed by atoms with E-state index in [2.05, 4.69) is 14.9 Å². The first-order valence-electron chi connectivity index (χ1n) is 5.52. The largest absolute Gasteiger partial charge is 0.369 e. The van der Waals surface area contributed by atoms with Gasteiger partial charge in [0.05, 0.1) is 18.1 Å². The first-order valence-corrected chi connectivity index (χ1v) is 5.52. The predicted molar refractivity (Wildman–Crippen MR) is 62.4 cm³/mol. The molecule has 0 bridgehead atoms. The van der Waals surface area contributed by atoms with Crippen LogP contribution in [0.15, 0.2) is 12.4 Å². The van der Waals surface area contributed by atoms with E-state index in [4.69, 9.17) is 0 Å². The maximum Gasteiger partial charge on any atom is 0.224 e. The molecule has 1 aromatic heterocycles. The molecule has 2 heterocycles. The van der Waals surface area contributed by atoms with Gasteiger partial charge in [-0.3, -0.25) is 0 Å². The third-order valence-corrected chi connectivity index (χ3v) is 2.75. The molecule has 1 aliphatic heterocycles. The summed E-state index contributed by atoms with van der Waals surface area (Å²) in [5, 5.41) is 0. The van der Waals surface area contributed by atoms with Crippen LogP contribution in [-0.4, -0.2) is 37.2 Å². The standard InChI is InChI=1S/C11H18N4/c1-14(2)11-12-8-10(9-13-11)15-6-4-3-5-7-15/h8-9H,3-7H2,1-2H3. The summed E-state index contributed by atoms with van der Waals surface area (Å²) in [7, 11) is 3.91. The van der Waals surface area contributed by atoms with Crippen LogP contribution in [0, 0.1) is 0 Å². The Balaban J connectivity index is 2.08. The van der Waals surface area contributed by atoms with Crippen molar-refractivity contribution in [2.45, 2.75) is 19.3 Å². The highest BCUT2D eigenvalue weighted by Gasteiger charge is 2.11. The number of aromatic nitrogens is 2. The number of rotatable bonds is 2. The van der Waals surface area contributed by atoms with Crippen molar-refractivity contribution in [2.75, 3.05) is 37.0 Å². The van der Waals surface area contributed by atoms with E-state index in [9.17, 15) is 0 Å². The zero-order valence-corrected chi connectivity index (χ0v) is 9.48. The van der Waals surface area contributed by atoms with Gasteiger partial charge < -0.3 is 9.80 Å². The second-order valence-electron chi connectivity index (χ2n) is 4.18. The number of hydrogen-bond donors (Lipinski definition) is 0. The minimum Gasteiger partial charge on any atom is -0.369 e. The first-order chi connectivity index (χ1) is 7.27. The van der Waals surface area contributed by atoms with Gasteiger partial charge in [0.1, 0.15) is 0 Å². The Hall–Kier alpha value is -1.32. The molecule has 4 heteroatoms. The van der Waals surface area contributed by atoms with E-state index in [0.717, 1.165) is 24.7 Å². The number of nitrogens with zero attached hydrogens (tertiary/aromatic N) is 4. The molecule has 0 amide bonds. The molecule has 1 aliphatic rings. The van der Waals surface area contributed by atoms with Crippen LogP contribution in [0.2, 0.25) is 0 Å². The van der Waals surface area contributed by atoms with E-state index >= 15 is 0 Å². The summed E-state index contributed by atoms with van der Waals surface area (Å²) in [6.07, 6.45) is 7.78. The fraction of sp³-hybridized carbons (Fsp3) is 0.636. The first kappa shape index (κ1) is 10.2. The second-order valence-corrected chi connectivity index (χ2v) is 4.18. The summed E-state index contributed by atoms with van der Waals surface area (Å²) < 4.78 is 0. The molecule has 0 aromatic carbocycles. The Kier molecular flexibility index (Phi) is 3.04. The van der Waals surface area contributed by atoms with Crippen LogP contribution in [-0.2, 0) is 0 Å². The van der Waals surface area contributed by atoms with Crippen molar-refractivity contribution in [3.63, 3.8) is 0 Å². The van der Waals surface area contributed by atoms with Gasteiger partial charge in [0, 0.05) is 27.2 Å². The van der Waals surface area contributed by atoms with Crippen LogP contribution in [0.3, 0.4) is 0 Å². The van der Waals surface area contributed by atoms with E-state index < -0.39 is 0 Å². The van der Waals surface area contributed by atoms with Gasteiger partial charge in [-0.1, -0.05) is 0 Å². The molecule has 0 spiro atoms. The van der Waals surface area contributed by atoms with Gasteiger partial charge in [-0.05, 0) is 19.3 Å². The Morgan fingerprint density at radius 3 is 2.20 bits per heavy atom. The Labute approximate surface area is 90.9 Å². The van der Waals surface area contributed by atoms with Gasteiger partial charge in [0.15, 0.2) is 0 Å². The lowest BCUT2D eigenvalue weighted by Crippen LogP contribution is -2.29. The lowest BCUT2D eigenvalue weighted by Gasteiger charge is -2.28.